The van der Waals surface area contributed by atoms with Crippen LogP contribution < -0.4 is 11.5 Å². The SMILES string of the molecule is CCCC(=O)N(C(=O)CC[C@H](N)C(=O)O)[C@@H](N)C(=O)O. The lowest BCUT2D eigenvalue weighted by molar-refractivity contribution is -0.158. The number of carboxylic acid groups (broad SMARTS) is 2. The Balaban J connectivity index is 4.85. The molecule has 9 nitrogen and oxygen atoms in total. The Labute approximate surface area is 115 Å². The first kappa shape index (κ1) is 18.0. The highest BCUT2D eigenvalue weighted by atomic mass is 16.4. The number of hydrogen-bond donors (Lipinski definition) is 4. The summed E-state index contributed by atoms with van der Waals surface area (Å²) < 4.78 is 0. The summed E-state index contributed by atoms with van der Waals surface area (Å²) in [7, 11) is 0. The molecule has 2 amide bonds. The molecule has 0 spiro atoms. The number of amides is 2. The molecule has 114 valence electrons. The lowest BCUT2D eigenvalue weighted by atomic mass is 10.1. The summed E-state index contributed by atoms with van der Waals surface area (Å²) in [5.41, 5.74) is 10.5. The van der Waals surface area contributed by atoms with Gasteiger partial charge in [0.15, 0.2) is 6.17 Å². The molecule has 0 fully saturated rings. The van der Waals surface area contributed by atoms with Crippen LogP contribution in [0.1, 0.15) is 32.6 Å². The van der Waals surface area contributed by atoms with Crippen molar-refractivity contribution in [1.82, 2.24) is 4.90 Å². The van der Waals surface area contributed by atoms with Crippen LogP contribution in [0.3, 0.4) is 0 Å². The summed E-state index contributed by atoms with van der Waals surface area (Å²) >= 11 is 0. The molecular formula is C11H19N3O6. The van der Waals surface area contributed by atoms with Crippen LogP contribution in [0.15, 0.2) is 0 Å². The Kier molecular flexibility index (Phi) is 7.40. The van der Waals surface area contributed by atoms with Crippen molar-refractivity contribution in [2.45, 2.75) is 44.8 Å². The van der Waals surface area contributed by atoms with Crippen LogP contribution in [0.5, 0.6) is 0 Å². The van der Waals surface area contributed by atoms with Gasteiger partial charge in [0.05, 0.1) is 0 Å². The first-order chi connectivity index (χ1) is 9.22. The third-order valence-electron chi connectivity index (χ3n) is 2.52. The van der Waals surface area contributed by atoms with Crippen LogP contribution in [-0.4, -0.2) is 51.1 Å². The summed E-state index contributed by atoms with van der Waals surface area (Å²) in [6.45, 7) is 1.69. The van der Waals surface area contributed by atoms with E-state index < -0.39 is 36.0 Å². The lowest BCUT2D eigenvalue weighted by Crippen LogP contribution is -2.53. The third kappa shape index (κ3) is 5.33. The topological polar surface area (TPSA) is 164 Å². The average Bonchev–Trinajstić information content (AvgIpc) is 2.35. The van der Waals surface area contributed by atoms with E-state index in [1.165, 1.54) is 0 Å². The van der Waals surface area contributed by atoms with Crippen molar-refractivity contribution in [1.29, 1.82) is 0 Å². The number of rotatable bonds is 8. The summed E-state index contributed by atoms with van der Waals surface area (Å²) in [4.78, 5) is 45.3. The maximum absolute atomic E-state index is 11.8. The summed E-state index contributed by atoms with van der Waals surface area (Å²) in [5.74, 6) is -4.37. The number of nitrogens with zero attached hydrogens (tertiary/aromatic N) is 1. The van der Waals surface area contributed by atoms with Crippen LogP contribution in [0, 0.1) is 0 Å². The first-order valence-electron chi connectivity index (χ1n) is 6.04. The van der Waals surface area contributed by atoms with E-state index in [9.17, 15) is 19.2 Å². The Morgan fingerprint density at radius 2 is 1.50 bits per heavy atom. The number of nitrogens with two attached hydrogens (primary N) is 2. The van der Waals surface area contributed by atoms with Crippen molar-refractivity contribution in [3.63, 3.8) is 0 Å². The highest BCUT2D eigenvalue weighted by Crippen LogP contribution is 2.07. The van der Waals surface area contributed by atoms with E-state index in [0.29, 0.717) is 11.3 Å². The highest BCUT2D eigenvalue weighted by Gasteiger charge is 2.31. The monoisotopic (exact) mass is 289 g/mol. The molecule has 0 bridgehead atoms. The first-order valence-corrected chi connectivity index (χ1v) is 6.04. The molecular weight excluding hydrogens is 270 g/mol. The second-order valence-corrected chi connectivity index (χ2v) is 4.17. The minimum atomic E-state index is -1.79. The van der Waals surface area contributed by atoms with Gasteiger partial charge in [-0.25, -0.2) is 4.79 Å². The molecule has 0 aliphatic heterocycles. The largest absolute Gasteiger partial charge is 0.480 e. The van der Waals surface area contributed by atoms with Gasteiger partial charge in [-0.3, -0.25) is 19.3 Å². The number of carbonyl (C=O) groups is 4. The standard InChI is InChI=1S/C11H19N3O6/c1-2-3-7(15)14(9(13)11(19)20)8(16)5-4-6(12)10(17)18/h6,9H,2-5,12-13H2,1H3,(H,17,18)(H,19,20)/t6-,9+/m0/s1. The van der Waals surface area contributed by atoms with E-state index in [0.717, 1.165) is 0 Å². The predicted molar refractivity (Wildman–Crippen MR) is 67.2 cm³/mol. The number of aliphatic carboxylic acids is 2. The normalized spacial score (nSPS) is 13.3. The van der Waals surface area contributed by atoms with Crippen molar-refractivity contribution in [2.75, 3.05) is 0 Å². The molecule has 0 aromatic carbocycles. The van der Waals surface area contributed by atoms with E-state index in [1.54, 1.807) is 6.92 Å². The molecule has 0 saturated carbocycles. The van der Waals surface area contributed by atoms with Crippen molar-refractivity contribution in [3.05, 3.63) is 0 Å². The zero-order valence-electron chi connectivity index (χ0n) is 11.1. The fourth-order valence-corrected chi connectivity index (χ4v) is 1.42. The molecule has 0 unspecified atom stereocenters. The van der Waals surface area contributed by atoms with Gasteiger partial charge in [0, 0.05) is 12.8 Å². The van der Waals surface area contributed by atoms with Gasteiger partial charge in [-0.05, 0) is 12.8 Å². The Morgan fingerprint density at radius 1 is 1.00 bits per heavy atom. The van der Waals surface area contributed by atoms with Crippen LogP contribution in [0.4, 0.5) is 0 Å². The van der Waals surface area contributed by atoms with Gasteiger partial charge in [0.25, 0.3) is 0 Å². The summed E-state index contributed by atoms with van der Waals surface area (Å²) in [6.07, 6.45) is -1.98. The zero-order chi connectivity index (χ0) is 15.9. The molecule has 0 aromatic rings. The maximum atomic E-state index is 11.8. The van der Waals surface area contributed by atoms with Gasteiger partial charge < -0.3 is 21.7 Å². The van der Waals surface area contributed by atoms with Gasteiger partial charge in [-0.1, -0.05) is 6.92 Å². The fourth-order valence-electron chi connectivity index (χ4n) is 1.42. The molecule has 0 rings (SSSR count). The van der Waals surface area contributed by atoms with Gasteiger partial charge >= 0.3 is 11.9 Å². The minimum absolute atomic E-state index is 0.0301. The molecule has 0 aliphatic rings. The molecule has 2 atom stereocenters. The van der Waals surface area contributed by atoms with Crippen LogP contribution >= 0.6 is 0 Å². The Bertz CT molecular complexity index is 398. The quantitative estimate of drug-likeness (QED) is 0.400. The molecule has 0 aliphatic carbocycles. The van der Waals surface area contributed by atoms with Crippen LogP contribution in [0.2, 0.25) is 0 Å². The Hall–Kier alpha value is -2.00. The van der Waals surface area contributed by atoms with Crippen LogP contribution in [-0.2, 0) is 19.2 Å². The van der Waals surface area contributed by atoms with Crippen molar-refractivity contribution in [2.24, 2.45) is 11.5 Å². The average molecular weight is 289 g/mol. The molecule has 6 N–H and O–H groups in total. The third-order valence-corrected chi connectivity index (χ3v) is 2.52. The van der Waals surface area contributed by atoms with Gasteiger partial charge in [-0.15, -0.1) is 0 Å². The van der Waals surface area contributed by atoms with Gasteiger partial charge in [-0.2, -0.15) is 0 Å². The molecule has 0 saturated heterocycles. The van der Waals surface area contributed by atoms with Gasteiger partial charge in [0.1, 0.15) is 6.04 Å². The predicted octanol–water partition coefficient (Wildman–Crippen LogP) is -1.30. The van der Waals surface area contributed by atoms with E-state index in [2.05, 4.69) is 0 Å². The molecule has 0 aromatic heterocycles. The second-order valence-electron chi connectivity index (χ2n) is 4.17. The van der Waals surface area contributed by atoms with E-state index in [1.807, 2.05) is 0 Å². The minimum Gasteiger partial charge on any atom is -0.480 e. The second kappa shape index (κ2) is 8.23. The van der Waals surface area contributed by atoms with E-state index in [-0.39, 0.29) is 19.3 Å². The molecule has 20 heavy (non-hydrogen) atoms. The fraction of sp³-hybridized carbons (Fsp3) is 0.636. The van der Waals surface area contributed by atoms with Crippen molar-refractivity contribution < 1.29 is 29.4 Å². The summed E-state index contributed by atoms with van der Waals surface area (Å²) in [5, 5.41) is 17.4. The van der Waals surface area contributed by atoms with Gasteiger partial charge in [0.2, 0.25) is 11.8 Å². The number of carbonyl (C=O) groups excluding carboxylic acids is 2. The maximum Gasteiger partial charge on any atom is 0.341 e. The molecule has 0 radical (unpaired) electrons. The van der Waals surface area contributed by atoms with Crippen molar-refractivity contribution in [3.8, 4) is 0 Å². The number of carboxylic acids is 2. The number of hydrogen-bond acceptors (Lipinski definition) is 6. The lowest BCUT2D eigenvalue weighted by Gasteiger charge is -2.24. The smallest absolute Gasteiger partial charge is 0.341 e. The van der Waals surface area contributed by atoms with E-state index in [4.69, 9.17) is 21.7 Å². The van der Waals surface area contributed by atoms with E-state index >= 15 is 0 Å². The van der Waals surface area contributed by atoms with Crippen molar-refractivity contribution >= 4 is 23.8 Å². The molecule has 0 heterocycles. The zero-order valence-corrected chi connectivity index (χ0v) is 11.1. The Morgan fingerprint density at radius 3 is 1.90 bits per heavy atom. The summed E-state index contributed by atoms with van der Waals surface area (Å²) in [6, 6.07) is -1.26. The number of imide groups is 1. The van der Waals surface area contributed by atoms with Crippen LogP contribution in [0.25, 0.3) is 0 Å². The molecule has 9 heteroatoms. The highest BCUT2D eigenvalue weighted by molar-refractivity contribution is 5.99.